The second-order valence-electron chi connectivity index (χ2n) is 5.39. The lowest BCUT2D eigenvalue weighted by Crippen LogP contribution is -2.55. The SMILES string of the molecule is O=C(Cc1ccc2c(c1)OCCO2)NC1(C(=O)O)CCOC1. The van der Waals surface area contributed by atoms with Crippen molar-refractivity contribution in [3.8, 4) is 11.5 Å². The van der Waals surface area contributed by atoms with Gasteiger partial charge in [0.25, 0.3) is 0 Å². The van der Waals surface area contributed by atoms with Crippen molar-refractivity contribution in [1.82, 2.24) is 5.32 Å². The third-order valence-corrected chi connectivity index (χ3v) is 3.78. The number of amides is 1. The lowest BCUT2D eigenvalue weighted by molar-refractivity contribution is -0.147. The zero-order valence-electron chi connectivity index (χ0n) is 12.0. The van der Waals surface area contributed by atoms with Crippen molar-refractivity contribution in [3.63, 3.8) is 0 Å². The zero-order valence-corrected chi connectivity index (χ0v) is 12.0. The molecule has 2 heterocycles. The Morgan fingerprint density at radius 3 is 2.64 bits per heavy atom. The number of nitrogens with one attached hydrogen (secondary N) is 1. The zero-order chi connectivity index (χ0) is 15.6. The molecule has 0 saturated carbocycles. The molecule has 1 aromatic carbocycles. The van der Waals surface area contributed by atoms with Crippen molar-refractivity contribution in [2.45, 2.75) is 18.4 Å². The third-order valence-electron chi connectivity index (χ3n) is 3.78. The Kier molecular flexibility index (Phi) is 3.89. The van der Waals surface area contributed by atoms with Crippen molar-refractivity contribution in [2.24, 2.45) is 0 Å². The van der Waals surface area contributed by atoms with E-state index in [4.69, 9.17) is 14.2 Å². The first-order valence-corrected chi connectivity index (χ1v) is 7.10. The number of carbonyl (C=O) groups is 2. The van der Waals surface area contributed by atoms with Crippen LogP contribution in [0.3, 0.4) is 0 Å². The second kappa shape index (κ2) is 5.84. The highest BCUT2D eigenvalue weighted by atomic mass is 16.6. The molecule has 1 unspecified atom stereocenters. The number of carboxylic acids is 1. The molecule has 2 aliphatic rings. The molecule has 1 atom stereocenters. The Bertz CT molecular complexity index is 594. The minimum Gasteiger partial charge on any atom is -0.486 e. The molecular formula is C15H17NO6. The summed E-state index contributed by atoms with van der Waals surface area (Å²) in [6.45, 7) is 1.31. The number of fused-ring (bicyclic) bond motifs is 1. The molecule has 7 heteroatoms. The molecule has 2 N–H and O–H groups in total. The summed E-state index contributed by atoms with van der Waals surface area (Å²) in [4.78, 5) is 23.5. The molecule has 2 aliphatic heterocycles. The molecule has 0 aromatic heterocycles. The Morgan fingerprint density at radius 1 is 1.18 bits per heavy atom. The number of aliphatic carboxylic acids is 1. The maximum atomic E-state index is 12.1. The van der Waals surface area contributed by atoms with Crippen molar-refractivity contribution >= 4 is 11.9 Å². The fourth-order valence-corrected chi connectivity index (χ4v) is 2.58. The van der Waals surface area contributed by atoms with Gasteiger partial charge < -0.3 is 24.6 Å². The smallest absolute Gasteiger partial charge is 0.331 e. The molecule has 3 rings (SSSR count). The Balaban J connectivity index is 1.68. The first-order chi connectivity index (χ1) is 10.6. The van der Waals surface area contributed by atoms with E-state index in [1.54, 1.807) is 18.2 Å². The van der Waals surface area contributed by atoms with Crippen LogP contribution in [0.5, 0.6) is 11.5 Å². The van der Waals surface area contributed by atoms with Gasteiger partial charge in [-0.3, -0.25) is 4.79 Å². The number of hydrogen-bond acceptors (Lipinski definition) is 5. The van der Waals surface area contributed by atoms with E-state index in [0.29, 0.717) is 31.3 Å². The van der Waals surface area contributed by atoms with Gasteiger partial charge >= 0.3 is 5.97 Å². The van der Waals surface area contributed by atoms with E-state index < -0.39 is 11.5 Å². The van der Waals surface area contributed by atoms with Crippen molar-refractivity contribution in [2.75, 3.05) is 26.4 Å². The molecule has 22 heavy (non-hydrogen) atoms. The van der Waals surface area contributed by atoms with Gasteiger partial charge in [0.15, 0.2) is 17.0 Å². The second-order valence-corrected chi connectivity index (χ2v) is 5.39. The van der Waals surface area contributed by atoms with Crippen LogP contribution in [-0.2, 0) is 20.7 Å². The van der Waals surface area contributed by atoms with Crippen LogP contribution in [0.4, 0.5) is 0 Å². The normalized spacial score (nSPS) is 23.1. The van der Waals surface area contributed by atoms with E-state index in [1.165, 1.54) is 0 Å². The number of ether oxygens (including phenoxy) is 3. The van der Waals surface area contributed by atoms with Crippen molar-refractivity contribution < 1.29 is 28.9 Å². The van der Waals surface area contributed by atoms with Gasteiger partial charge in [0, 0.05) is 13.0 Å². The Labute approximate surface area is 127 Å². The van der Waals surface area contributed by atoms with Gasteiger partial charge in [0.05, 0.1) is 13.0 Å². The van der Waals surface area contributed by atoms with Crippen molar-refractivity contribution in [3.05, 3.63) is 23.8 Å². The first-order valence-electron chi connectivity index (χ1n) is 7.10. The van der Waals surface area contributed by atoms with Crippen LogP contribution in [0.15, 0.2) is 18.2 Å². The van der Waals surface area contributed by atoms with Crippen LogP contribution in [0.2, 0.25) is 0 Å². The number of rotatable bonds is 4. The highest BCUT2D eigenvalue weighted by Gasteiger charge is 2.43. The van der Waals surface area contributed by atoms with Crippen LogP contribution in [-0.4, -0.2) is 48.9 Å². The topological polar surface area (TPSA) is 94.1 Å². The minimum atomic E-state index is -1.31. The van der Waals surface area contributed by atoms with E-state index in [-0.39, 0.29) is 25.4 Å². The fourth-order valence-electron chi connectivity index (χ4n) is 2.58. The molecule has 118 valence electrons. The third kappa shape index (κ3) is 2.85. The predicted octanol–water partition coefficient (Wildman–Crippen LogP) is 0.360. The Morgan fingerprint density at radius 2 is 1.95 bits per heavy atom. The van der Waals surface area contributed by atoms with Gasteiger partial charge in [-0.25, -0.2) is 4.79 Å². The van der Waals surface area contributed by atoms with E-state index >= 15 is 0 Å². The molecule has 0 bridgehead atoms. The predicted molar refractivity (Wildman–Crippen MR) is 75.1 cm³/mol. The lowest BCUT2D eigenvalue weighted by Gasteiger charge is -2.24. The molecule has 0 radical (unpaired) electrons. The molecule has 0 aliphatic carbocycles. The summed E-state index contributed by atoms with van der Waals surface area (Å²) in [5, 5.41) is 11.9. The highest BCUT2D eigenvalue weighted by molar-refractivity contribution is 5.88. The van der Waals surface area contributed by atoms with Crippen LogP contribution in [0.1, 0.15) is 12.0 Å². The van der Waals surface area contributed by atoms with E-state index in [0.717, 1.165) is 5.56 Å². The summed E-state index contributed by atoms with van der Waals surface area (Å²) in [5.41, 5.74) is -0.577. The van der Waals surface area contributed by atoms with Crippen LogP contribution >= 0.6 is 0 Å². The quantitative estimate of drug-likeness (QED) is 0.834. The van der Waals surface area contributed by atoms with E-state index in [9.17, 15) is 14.7 Å². The molecule has 1 amide bonds. The van der Waals surface area contributed by atoms with Crippen molar-refractivity contribution in [1.29, 1.82) is 0 Å². The van der Waals surface area contributed by atoms with Gasteiger partial charge in [0.1, 0.15) is 13.2 Å². The molecular weight excluding hydrogens is 290 g/mol. The summed E-state index contributed by atoms with van der Waals surface area (Å²) in [7, 11) is 0. The average molecular weight is 307 g/mol. The van der Waals surface area contributed by atoms with Gasteiger partial charge in [-0.05, 0) is 17.7 Å². The van der Waals surface area contributed by atoms with Gasteiger partial charge in [0.2, 0.25) is 5.91 Å². The van der Waals surface area contributed by atoms with E-state index in [2.05, 4.69) is 5.32 Å². The first kappa shape index (κ1) is 14.6. The summed E-state index contributed by atoms with van der Waals surface area (Å²) in [5.74, 6) is -0.166. The molecule has 7 nitrogen and oxygen atoms in total. The van der Waals surface area contributed by atoms with Gasteiger partial charge in [-0.1, -0.05) is 6.07 Å². The summed E-state index contributed by atoms with van der Waals surface area (Å²) in [6, 6.07) is 5.26. The van der Waals surface area contributed by atoms with Gasteiger partial charge in [-0.15, -0.1) is 0 Å². The largest absolute Gasteiger partial charge is 0.486 e. The Hall–Kier alpha value is -2.28. The number of carboxylic acid groups (broad SMARTS) is 1. The number of hydrogen-bond donors (Lipinski definition) is 2. The fraction of sp³-hybridized carbons (Fsp3) is 0.467. The molecule has 1 fully saturated rings. The summed E-state index contributed by atoms with van der Waals surface area (Å²) >= 11 is 0. The van der Waals surface area contributed by atoms with E-state index in [1.807, 2.05) is 0 Å². The maximum Gasteiger partial charge on any atom is 0.331 e. The molecule has 0 spiro atoms. The lowest BCUT2D eigenvalue weighted by atomic mass is 9.98. The van der Waals surface area contributed by atoms with Gasteiger partial charge in [-0.2, -0.15) is 0 Å². The minimum absolute atomic E-state index is 0.00475. The standard InChI is InChI=1S/C15H17NO6/c17-13(16-15(14(18)19)3-4-20-9-15)8-10-1-2-11-12(7-10)22-6-5-21-11/h1-2,7H,3-6,8-9H2,(H,16,17)(H,18,19). The molecule has 1 aromatic rings. The molecule has 1 saturated heterocycles. The summed E-state index contributed by atoms with van der Waals surface area (Å²) in [6.07, 6.45) is 0.348. The monoisotopic (exact) mass is 307 g/mol. The highest BCUT2D eigenvalue weighted by Crippen LogP contribution is 2.31. The van der Waals surface area contributed by atoms with Crippen LogP contribution in [0, 0.1) is 0 Å². The van der Waals surface area contributed by atoms with Crippen LogP contribution < -0.4 is 14.8 Å². The number of carbonyl (C=O) groups excluding carboxylic acids is 1. The number of benzene rings is 1. The summed E-state index contributed by atoms with van der Waals surface area (Å²) < 4.78 is 16.0. The van der Waals surface area contributed by atoms with Crippen LogP contribution in [0.25, 0.3) is 0 Å². The average Bonchev–Trinajstić information content (AvgIpc) is 2.97. The maximum absolute atomic E-state index is 12.1.